The molecule has 11 heteroatoms. The predicted octanol–water partition coefficient (Wildman–Crippen LogP) is 3.64. The summed E-state index contributed by atoms with van der Waals surface area (Å²) in [5.74, 6) is -1.16. The number of carbonyl (C=O) groups is 1. The average Bonchev–Trinajstić information content (AvgIpc) is 2.66. The number of nitrogens with zero attached hydrogens (tertiary/aromatic N) is 1. The molecule has 1 fully saturated rings. The summed E-state index contributed by atoms with van der Waals surface area (Å²) in [5, 5.41) is 2.44. The van der Waals surface area contributed by atoms with Crippen molar-refractivity contribution in [2.75, 3.05) is 18.4 Å². The van der Waals surface area contributed by atoms with Gasteiger partial charge in [0, 0.05) is 30.4 Å². The third-order valence-electron chi connectivity index (χ3n) is 4.45. The molecule has 0 spiro atoms. The van der Waals surface area contributed by atoms with E-state index in [4.69, 9.17) is 4.74 Å². The molecule has 1 aliphatic heterocycles. The Morgan fingerprint density at radius 2 is 1.74 bits per heavy atom. The van der Waals surface area contributed by atoms with Gasteiger partial charge in [0.05, 0.1) is 17.1 Å². The zero-order chi connectivity index (χ0) is 22.8. The van der Waals surface area contributed by atoms with E-state index in [9.17, 15) is 26.4 Å². The van der Waals surface area contributed by atoms with Crippen LogP contribution in [0.15, 0.2) is 53.4 Å². The van der Waals surface area contributed by atoms with Crippen molar-refractivity contribution < 1.29 is 35.9 Å². The normalized spacial score (nSPS) is 20.3. The molecule has 1 aliphatic rings. The molecular weight excluding hydrogens is 437 g/mol. The second kappa shape index (κ2) is 8.85. The molecule has 2 aromatic rings. The standard InChI is InChI=1S/C20H21F3N2O5S/c1-13-11-25(12-14(2)29-13)31(27,28)18-8-3-5-15(9-18)19(26)24-16-6-4-7-17(10-16)30-20(21,22)23/h3-10,13-14H,11-12H2,1-2H3,(H,24,26). The summed E-state index contributed by atoms with van der Waals surface area (Å²) in [6, 6.07) is 10.2. The highest BCUT2D eigenvalue weighted by molar-refractivity contribution is 7.89. The van der Waals surface area contributed by atoms with Crippen molar-refractivity contribution in [2.45, 2.75) is 37.3 Å². The molecule has 2 unspecified atom stereocenters. The first-order valence-corrected chi connectivity index (χ1v) is 10.8. The second-order valence-corrected chi connectivity index (χ2v) is 9.07. The van der Waals surface area contributed by atoms with Gasteiger partial charge in [-0.05, 0) is 44.2 Å². The van der Waals surface area contributed by atoms with Crippen LogP contribution < -0.4 is 10.1 Å². The molecule has 7 nitrogen and oxygen atoms in total. The molecular formula is C20H21F3N2O5S. The number of carbonyl (C=O) groups excluding carboxylic acids is 1. The first kappa shape index (κ1) is 23.0. The fraction of sp³-hybridized carbons (Fsp3) is 0.350. The van der Waals surface area contributed by atoms with Crippen LogP contribution in [0.1, 0.15) is 24.2 Å². The fourth-order valence-corrected chi connectivity index (χ4v) is 4.89. The number of hydrogen-bond donors (Lipinski definition) is 1. The van der Waals surface area contributed by atoms with E-state index in [1.54, 1.807) is 13.8 Å². The van der Waals surface area contributed by atoms with E-state index in [2.05, 4.69) is 10.1 Å². The van der Waals surface area contributed by atoms with Gasteiger partial charge in [0.2, 0.25) is 10.0 Å². The van der Waals surface area contributed by atoms with Crippen LogP contribution in [0.4, 0.5) is 18.9 Å². The Hall–Kier alpha value is -2.63. The number of benzene rings is 2. The van der Waals surface area contributed by atoms with Gasteiger partial charge in [-0.1, -0.05) is 12.1 Å². The molecule has 1 heterocycles. The number of halogens is 3. The summed E-state index contributed by atoms with van der Waals surface area (Å²) in [5.41, 5.74) is 0.105. The number of morpholine rings is 1. The lowest BCUT2D eigenvalue weighted by atomic mass is 10.2. The highest BCUT2D eigenvalue weighted by atomic mass is 32.2. The van der Waals surface area contributed by atoms with Gasteiger partial charge < -0.3 is 14.8 Å². The molecule has 31 heavy (non-hydrogen) atoms. The maximum atomic E-state index is 13.0. The van der Waals surface area contributed by atoms with E-state index < -0.39 is 28.0 Å². The van der Waals surface area contributed by atoms with Crippen LogP contribution in [-0.2, 0) is 14.8 Å². The Kier molecular flexibility index (Phi) is 6.58. The van der Waals surface area contributed by atoms with Crippen molar-refractivity contribution in [3.8, 4) is 5.75 Å². The molecule has 2 aromatic carbocycles. The molecule has 1 amide bonds. The molecule has 3 rings (SSSR count). The van der Waals surface area contributed by atoms with E-state index in [1.165, 1.54) is 40.7 Å². The highest BCUT2D eigenvalue weighted by Gasteiger charge is 2.33. The van der Waals surface area contributed by atoms with Crippen molar-refractivity contribution in [1.82, 2.24) is 4.31 Å². The largest absolute Gasteiger partial charge is 0.573 e. The minimum atomic E-state index is -4.86. The molecule has 0 radical (unpaired) electrons. The number of sulfonamides is 1. The van der Waals surface area contributed by atoms with E-state index in [0.29, 0.717) is 0 Å². The van der Waals surface area contributed by atoms with E-state index >= 15 is 0 Å². The van der Waals surface area contributed by atoms with Crippen LogP contribution in [0.25, 0.3) is 0 Å². The number of alkyl halides is 3. The molecule has 2 atom stereocenters. The summed E-state index contributed by atoms with van der Waals surface area (Å²) in [6.45, 7) is 3.93. The number of anilines is 1. The molecule has 0 saturated carbocycles. The van der Waals surface area contributed by atoms with Gasteiger partial charge in [-0.25, -0.2) is 8.42 Å². The molecule has 1 N–H and O–H groups in total. The van der Waals surface area contributed by atoms with Crippen molar-refractivity contribution in [3.63, 3.8) is 0 Å². The van der Waals surface area contributed by atoms with Gasteiger partial charge in [-0.3, -0.25) is 4.79 Å². The molecule has 0 aromatic heterocycles. The van der Waals surface area contributed by atoms with Crippen LogP contribution in [0.2, 0.25) is 0 Å². The second-order valence-electron chi connectivity index (χ2n) is 7.14. The smallest absolute Gasteiger partial charge is 0.406 e. The first-order chi connectivity index (χ1) is 14.4. The maximum absolute atomic E-state index is 13.0. The molecule has 1 saturated heterocycles. The monoisotopic (exact) mass is 458 g/mol. The Morgan fingerprint density at radius 1 is 1.10 bits per heavy atom. The van der Waals surface area contributed by atoms with Crippen LogP contribution in [0, 0.1) is 0 Å². The van der Waals surface area contributed by atoms with Gasteiger partial charge in [0.25, 0.3) is 5.91 Å². The van der Waals surface area contributed by atoms with Gasteiger partial charge in [-0.2, -0.15) is 4.31 Å². The van der Waals surface area contributed by atoms with Crippen LogP contribution in [0.3, 0.4) is 0 Å². The average molecular weight is 458 g/mol. The highest BCUT2D eigenvalue weighted by Crippen LogP contribution is 2.26. The maximum Gasteiger partial charge on any atom is 0.573 e. The van der Waals surface area contributed by atoms with E-state index in [1.807, 2.05) is 0 Å². The SMILES string of the molecule is CC1CN(S(=O)(=O)c2cccc(C(=O)Nc3cccc(OC(F)(F)F)c3)c2)CC(C)O1. The summed E-state index contributed by atoms with van der Waals surface area (Å²) >= 11 is 0. The minimum Gasteiger partial charge on any atom is -0.406 e. The van der Waals surface area contributed by atoms with Crippen molar-refractivity contribution in [1.29, 1.82) is 0 Å². The van der Waals surface area contributed by atoms with Crippen molar-refractivity contribution >= 4 is 21.6 Å². The zero-order valence-electron chi connectivity index (χ0n) is 16.7. The van der Waals surface area contributed by atoms with Crippen molar-refractivity contribution in [3.05, 3.63) is 54.1 Å². The van der Waals surface area contributed by atoms with Crippen LogP contribution >= 0.6 is 0 Å². The Labute approximate surface area is 177 Å². The van der Waals surface area contributed by atoms with Gasteiger partial charge in [0.15, 0.2) is 0 Å². The fourth-order valence-electron chi connectivity index (χ4n) is 3.25. The van der Waals surface area contributed by atoms with Gasteiger partial charge >= 0.3 is 6.36 Å². The quantitative estimate of drug-likeness (QED) is 0.740. The molecule has 168 valence electrons. The minimum absolute atomic E-state index is 0.0394. The third kappa shape index (κ3) is 5.96. The summed E-state index contributed by atoms with van der Waals surface area (Å²) in [6.07, 6.45) is -5.40. The first-order valence-electron chi connectivity index (χ1n) is 9.37. The molecule has 0 aliphatic carbocycles. The van der Waals surface area contributed by atoms with Crippen LogP contribution in [-0.4, -0.2) is 50.3 Å². The van der Waals surface area contributed by atoms with Gasteiger partial charge in [0.1, 0.15) is 5.75 Å². The topological polar surface area (TPSA) is 84.9 Å². The lowest BCUT2D eigenvalue weighted by Crippen LogP contribution is -2.48. The zero-order valence-corrected chi connectivity index (χ0v) is 17.5. The lowest BCUT2D eigenvalue weighted by Gasteiger charge is -2.34. The van der Waals surface area contributed by atoms with Gasteiger partial charge in [-0.15, -0.1) is 13.2 Å². The number of rotatable bonds is 5. The Bertz CT molecular complexity index is 1050. The molecule has 0 bridgehead atoms. The van der Waals surface area contributed by atoms with E-state index in [0.717, 1.165) is 12.1 Å². The third-order valence-corrected chi connectivity index (χ3v) is 6.27. The Morgan fingerprint density at radius 3 is 2.39 bits per heavy atom. The summed E-state index contributed by atoms with van der Waals surface area (Å²) < 4.78 is 73.9. The number of hydrogen-bond acceptors (Lipinski definition) is 5. The number of ether oxygens (including phenoxy) is 2. The summed E-state index contributed by atoms with van der Waals surface area (Å²) in [7, 11) is -3.86. The van der Waals surface area contributed by atoms with E-state index in [-0.39, 0.29) is 41.4 Å². The number of amides is 1. The summed E-state index contributed by atoms with van der Waals surface area (Å²) in [4.78, 5) is 12.5. The van der Waals surface area contributed by atoms with Crippen molar-refractivity contribution in [2.24, 2.45) is 0 Å². The Balaban J connectivity index is 1.78. The lowest BCUT2D eigenvalue weighted by molar-refractivity contribution is -0.274. The predicted molar refractivity (Wildman–Crippen MR) is 106 cm³/mol. The number of nitrogens with one attached hydrogen (secondary N) is 1. The van der Waals surface area contributed by atoms with Crippen LogP contribution in [0.5, 0.6) is 5.75 Å².